The summed E-state index contributed by atoms with van der Waals surface area (Å²) in [4.78, 5) is 32.7. The number of amides is 1. The van der Waals surface area contributed by atoms with Crippen molar-refractivity contribution in [2.24, 2.45) is 0 Å². The molecule has 0 N–H and O–H groups in total. The van der Waals surface area contributed by atoms with Crippen LogP contribution in [0.1, 0.15) is 35.3 Å². The summed E-state index contributed by atoms with van der Waals surface area (Å²) in [6.07, 6.45) is 7.06. The van der Waals surface area contributed by atoms with Crippen LogP contribution in [0.2, 0.25) is 0 Å². The molecule has 0 spiro atoms. The predicted molar refractivity (Wildman–Crippen MR) is 113 cm³/mol. The molecule has 2 aromatic heterocycles. The van der Waals surface area contributed by atoms with E-state index in [2.05, 4.69) is 41.8 Å². The van der Waals surface area contributed by atoms with Crippen LogP contribution in [0, 0.1) is 6.92 Å². The minimum atomic E-state index is 0.0209. The van der Waals surface area contributed by atoms with Crippen LogP contribution in [-0.4, -0.2) is 65.0 Å². The molecule has 8 heteroatoms. The van der Waals surface area contributed by atoms with Crippen molar-refractivity contribution in [3.05, 3.63) is 40.3 Å². The van der Waals surface area contributed by atoms with Gasteiger partial charge in [0, 0.05) is 67.9 Å². The second kappa shape index (κ2) is 8.43. The van der Waals surface area contributed by atoms with Crippen molar-refractivity contribution in [3.8, 4) is 0 Å². The molecule has 2 aliphatic heterocycles. The highest BCUT2D eigenvalue weighted by Gasteiger charge is 2.25. The number of hydrogen-bond acceptors (Lipinski definition) is 6. The van der Waals surface area contributed by atoms with E-state index < -0.39 is 0 Å². The number of halogens is 1. The van der Waals surface area contributed by atoms with E-state index in [1.54, 1.807) is 12.4 Å². The van der Waals surface area contributed by atoms with E-state index in [1.807, 2.05) is 17.9 Å². The minimum Gasteiger partial charge on any atom is -0.356 e. The number of anilines is 2. The summed E-state index contributed by atoms with van der Waals surface area (Å²) >= 11 is 3.38. The number of pyridine rings is 1. The monoisotopic (exact) mass is 444 g/mol. The molecule has 2 saturated heterocycles. The zero-order valence-electron chi connectivity index (χ0n) is 16.1. The molecule has 0 unspecified atom stereocenters. The summed E-state index contributed by atoms with van der Waals surface area (Å²) in [7, 11) is 0. The molecule has 2 aliphatic rings. The Morgan fingerprint density at radius 2 is 1.68 bits per heavy atom. The lowest BCUT2D eigenvalue weighted by Crippen LogP contribution is -2.49. The fraction of sp³-hybridized carbons (Fsp3) is 0.500. The Morgan fingerprint density at radius 3 is 2.39 bits per heavy atom. The Kier molecular flexibility index (Phi) is 5.75. The molecule has 2 fully saturated rings. The molecule has 0 saturated carbocycles. The second-order valence-corrected chi connectivity index (χ2v) is 8.30. The SMILES string of the molecule is Cc1cc(N2CCCCC2)nc(N2CCN(C(=O)c3cncc(Br)c3)CC2)n1. The average Bonchev–Trinajstić information content (AvgIpc) is 2.73. The van der Waals surface area contributed by atoms with Gasteiger partial charge in [-0.15, -0.1) is 0 Å². The van der Waals surface area contributed by atoms with E-state index in [-0.39, 0.29) is 5.91 Å². The van der Waals surface area contributed by atoms with Crippen molar-refractivity contribution in [2.45, 2.75) is 26.2 Å². The van der Waals surface area contributed by atoms with Crippen LogP contribution in [0.4, 0.5) is 11.8 Å². The largest absolute Gasteiger partial charge is 0.356 e. The zero-order chi connectivity index (χ0) is 19.5. The van der Waals surface area contributed by atoms with Crippen LogP contribution < -0.4 is 9.80 Å². The first-order chi connectivity index (χ1) is 13.6. The van der Waals surface area contributed by atoms with Crippen LogP contribution in [0.3, 0.4) is 0 Å². The van der Waals surface area contributed by atoms with Gasteiger partial charge in [-0.3, -0.25) is 9.78 Å². The molecule has 7 nitrogen and oxygen atoms in total. The highest BCUT2D eigenvalue weighted by atomic mass is 79.9. The lowest BCUT2D eigenvalue weighted by molar-refractivity contribution is 0.0745. The van der Waals surface area contributed by atoms with Gasteiger partial charge < -0.3 is 14.7 Å². The standard InChI is InChI=1S/C20H25BrN6O/c1-15-11-18(25-5-3-2-4-6-25)24-20(23-15)27-9-7-26(8-10-27)19(28)16-12-17(21)14-22-13-16/h11-14H,2-10H2,1H3. The number of carbonyl (C=O) groups excluding carboxylic acids is 1. The lowest BCUT2D eigenvalue weighted by Gasteiger charge is -2.35. The number of rotatable bonds is 3. The Morgan fingerprint density at radius 1 is 0.929 bits per heavy atom. The van der Waals surface area contributed by atoms with Gasteiger partial charge >= 0.3 is 0 Å². The number of aryl methyl sites for hydroxylation is 1. The maximum atomic E-state index is 12.7. The van der Waals surface area contributed by atoms with E-state index in [4.69, 9.17) is 4.98 Å². The van der Waals surface area contributed by atoms with Crippen LogP contribution in [0.15, 0.2) is 29.0 Å². The number of piperidine rings is 1. The van der Waals surface area contributed by atoms with Crippen molar-refractivity contribution in [2.75, 3.05) is 49.1 Å². The maximum Gasteiger partial charge on any atom is 0.255 e. The summed E-state index contributed by atoms with van der Waals surface area (Å²) < 4.78 is 0.815. The molecule has 0 aromatic carbocycles. The van der Waals surface area contributed by atoms with Gasteiger partial charge in [0.15, 0.2) is 0 Å². The van der Waals surface area contributed by atoms with Crippen molar-refractivity contribution < 1.29 is 4.79 Å². The topological polar surface area (TPSA) is 65.5 Å². The summed E-state index contributed by atoms with van der Waals surface area (Å²) in [6, 6.07) is 3.89. The maximum absolute atomic E-state index is 12.7. The Balaban J connectivity index is 1.43. The molecule has 0 radical (unpaired) electrons. The van der Waals surface area contributed by atoms with Crippen LogP contribution in [-0.2, 0) is 0 Å². The predicted octanol–water partition coefficient (Wildman–Crippen LogP) is 2.90. The quantitative estimate of drug-likeness (QED) is 0.724. The van der Waals surface area contributed by atoms with Crippen molar-refractivity contribution in [3.63, 3.8) is 0 Å². The van der Waals surface area contributed by atoms with E-state index >= 15 is 0 Å². The normalized spacial score (nSPS) is 17.7. The van der Waals surface area contributed by atoms with Crippen LogP contribution in [0.5, 0.6) is 0 Å². The number of aromatic nitrogens is 3. The fourth-order valence-corrected chi connectivity index (χ4v) is 4.15. The Labute approximate surface area is 173 Å². The van der Waals surface area contributed by atoms with Gasteiger partial charge in [-0.25, -0.2) is 4.98 Å². The van der Waals surface area contributed by atoms with Crippen molar-refractivity contribution >= 4 is 33.6 Å². The first kappa shape index (κ1) is 19.1. The van der Waals surface area contributed by atoms with Gasteiger partial charge in [-0.05, 0) is 48.2 Å². The van der Waals surface area contributed by atoms with E-state index in [1.165, 1.54) is 19.3 Å². The molecule has 4 rings (SSSR count). The molecule has 0 bridgehead atoms. The van der Waals surface area contributed by atoms with Crippen LogP contribution >= 0.6 is 15.9 Å². The van der Waals surface area contributed by atoms with Gasteiger partial charge in [0.25, 0.3) is 5.91 Å². The summed E-state index contributed by atoms with van der Waals surface area (Å²) in [5.74, 6) is 1.82. The van der Waals surface area contributed by atoms with E-state index in [0.717, 1.165) is 48.1 Å². The third-order valence-corrected chi connectivity index (χ3v) is 5.74. The third kappa shape index (κ3) is 4.27. The van der Waals surface area contributed by atoms with Gasteiger partial charge in [-0.1, -0.05) is 0 Å². The first-order valence-electron chi connectivity index (χ1n) is 9.85. The van der Waals surface area contributed by atoms with Crippen LogP contribution in [0.25, 0.3) is 0 Å². The van der Waals surface area contributed by atoms with E-state index in [0.29, 0.717) is 18.7 Å². The summed E-state index contributed by atoms with van der Waals surface area (Å²) in [5.41, 5.74) is 1.60. The number of piperazine rings is 1. The van der Waals surface area contributed by atoms with Crippen molar-refractivity contribution in [1.29, 1.82) is 0 Å². The Hall–Kier alpha value is -2.22. The van der Waals surface area contributed by atoms with Gasteiger partial charge in [-0.2, -0.15) is 4.98 Å². The van der Waals surface area contributed by atoms with Crippen molar-refractivity contribution in [1.82, 2.24) is 19.9 Å². The van der Waals surface area contributed by atoms with E-state index in [9.17, 15) is 4.79 Å². The molecule has 28 heavy (non-hydrogen) atoms. The number of carbonyl (C=O) groups is 1. The minimum absolute atomic E-state index is 0.0209. The summed E-state index contributed by atoms with van der Waals surface area (Å²) in [6.45, 7) is 6.94. The first-order valence-corrected chi connectivity index (χ1v) is 10.6. The Bertz CT molecular complexity index is 846. The molecule has 4 heterocycles. The van der Waals surface area contributed by atoms with Gasteiger partial charge in [0.2, 0.25) is 5.95 Å². The summed E-state index contributed by atoms with van der Waals surface area (Å²) in [5, 5.41) is 0. The smallest absolute Gasteiger partial charge is 0.255 e. The highest BCUT2D eigenvalue weighted by Crippen LogP contribution is 2.22. The van der Waals surface area contributed by atoms with Gasteiger partial charge in [0.05, 0.1) is 5.56 Å². The fourth-order valence-electron chi connectivity index (χ4n) is 3.78. The molecule has 1 amide bonds. The average molecular weight is 445 g/mol. The molecule has 0 aliphatic carbocycles. The zero-order valence-corrected chi connectivity index (χ0v) is 17.7. The molecule has 0 atom stereocenters. The molecule has 148 valence electrons. The number of nitrogens with zero attached hydrogens (tertiary/aromatic N) is 6. The second-order valence-electron chi connectivity index (χ2n) is 7.39. The molecular formula is C20H25BrN6O. The number of hydrogen-bond donors (Lipinski definition) is 0. The lowest BCUT2D eigenvalue weighted by atomic mass is 10.1. The molecule has 2 aromatic rings. The third-order valence-electron chi connectivity index (χ3n) is 5.31. The van der Waals surface area contributed by atoms with Gasteiger partial charge in [0.1, 0.15) is 5.82 Å². The molecular weight excluding hydrogens is 420 g/mol. The highest BCUT2D eigenvalue weighted by molar-refractivity contribution is 9.10.